The van der Waals surface area contributed by atoms with Gasteiger partial charge in [-0.15, -0.1) is 5.10 Å². The minimum atomic E-state index is 0.213. The third-order valence-corrected chi connectivity index (χ3v) is 3.13. The van der Waals surface area contributed by atoms with E-state index in [0.29, 0.717) is 5.92 Å². The molecule has 7 heteroatoms. The average molecular weight is 259 g/mol. The van der Waals surface area contributed by atoms with Gasteiger partial charge in [0.2, 0.25) is 5.16 Å². The molecule has 0 aliphatic carbocycles. The van der Waals surface area contributed by atoms with E-state index < -0.39 is 0 Å². The highest BCUT2D eigenvalue weighted by Gasteiger charge is 2.05. The molecule has 98 valence electrons. The first-order valence-corrected chi connectivity index (χ1v) is 6.93. The number of hydrogen-bond acceptors (Lipinski definition) is 6. The van der Waals surface area contributed by atoms with Gasteiger partial charge in [0.05, 0.1) is 6.54 Å². The molecule has 0 saturated carbocycles. The number of aliphatic hydroxyl groups excluding tert-OH is 1. The van der Waals surface area contributed by atoms with Gasteiger partial charge >= 0.3 is 0 Å². The largest absolute Gasteiger partial charge is 0.396 e. The lowest BCUT2D eigenvalue weighted by Crippen LogP contribution is -2.24. The molecule has 0 saturated heterocycles. The van der Waals surface area contributed by atoms with Crippen molar-refractivity contribution in [2.45, 2.75) is 32.0 Å². The van der Waals surface area contributed by atoms with Gasteiger partial charge in [0.15, 0.2) is 0 Å². The lowest BCUT2D eigenvalue weighted by Gasteiger charge is -2.07. The van der Waals surface area contributed by atoms with Gasteiger partial charge in [-0.2, -0.15) is 0 Å². The maximum absolute atomic E-state index is 8.71. The Balaban J connectivity index is 2.25. The molecule has 0 fully saturated rings. The van der Waals surface area contributed by atoms with Crippen LogP contribution in [0.3, 0.4) is 0 Å². The third-order valence-electron chi connectivity index (χ3n) is 2.09. The Bertz CT molecular complexity index is 305. The Hall–Kier alpha value is -0.660. The molecule has 0 bridgehead atoms. The summed E-state index contributed by atoms with van der Waals surface area (Å²) in [5.41, 5.74) is 0. The van der Waals surface area contributed by atoms with E-state index in [2.05, 4.69) is 34.7 Å². The number of thioether (sulfide) groups is 1. The fraction of sp³-hybridized carbons (Fsp3) is 0.900. The number of tetrazole rings is 1. The van der Waals surface area contributed by atoms with Crippen LogP contribution in [-0.4, -0.2) is 50.8 Å². The van der Waals surface area contributed by atoms with Crippen molar-refractivity contribution in [3.05, 3.63) is 0 Å². The van der Waals surface area contributed by atoms with Crippen LogP contribution in [0.25, 0.3) is 0 Å². The molecule has 0 aromatic carbocycles. The molecule has 0 unspecified atom stereocenters. The second-order valence-corrected chi connectivity index (χ2v) is 5.27. The summed E-state index contributed by atoms with van der Waals surface area (Å²) in [4.78, 5) is 0. The number of rotatable bonds is 9. The first-order valence-electron chi connectivity index (χ1n) is 5.94. The molecule has 1 aromatic rings. The Morgan fingerprint density at radius 1 is 1.47 bits per heavy atom. The van der Waals surface area contributed by atoms with E-state index in [-0.39, 0.29) is 6.61 Å². The summed E-state index contributed by atoms with van der Waals surface area (Å²) >= 11 is 1.58. The van der Waals surface area contributed by atoms with E-state index in [1.807, 2.05) is 0 Å². The smallest absolute Gasteiger partial charge is 0.209 e. The third kappa shape index (κ3) is 5.99. The maximum atomic E-state index is 8.71. The minimum absolute atomic E-state index is 0.213. The molecule has 0 aliphatic heterocycles. The summed E-state index contributed by atoms with van der Waals surface area (Å²) in [6.45, 7) is 7.23. The maximum Gasteiger partial charge on any atom is 0.209 e. The molecule has 2 N–H and O–H groups in total. The summed E-state index contributed by atoms with van der Waals surface area (Å²) in [6.07, 6.45) is 0.767. The van der Waals surface area contributed by atoms with Crippen molar-refractivity contribution in [2.24, 2.45) is 5.92 Å². The molecule has 1 aromatic heterocycles. The first-order chi connectivity index (χ1) is 8.24. The van der Waals surface area contributed by atoms with Crippen LogP contribution in [0.2, 0.25) is 0 Å². The zero-order valence-electron chi connectivity index (χ0n) is 10.5. The zero-order valence-corrected chi connectivity index (χ0v) is 11.3. The molecule has 1 heterocycles. The highest BCUT2D eigenvalue weighted by atomic mass is 32.2. The fourth-order valence-electron chi connectivity index (χ4n) is 1.24. The molecule has 0 radical (unpaired) electrons. The van der Waals surface area contributed by atoms with Crippen LogP contribution in [0.5, 0.6) is 0 Å². The number of aromatic nitrogens is 4. The van der Waals surface area contributed by atoms with Crippen molar-refractivity contribution < 1.29 is 5.11 Å². The predicted molar refractivity (Wildman–Crippen MR) is 68.0 cm³/mol. The highest BCUT2D eigenvalue weighted by molar-refractivity contribution is 7.99. The van der Waals surface area contributed by atoms with Crippen LogP contribution in [-0.2, 0) is 6.54 Å². The van der Waals surface area contributed by atoms with Gasteiger partial charge in [-0.1, -0.05) is 25.6 Å². The van der Waals surface area contributed by atoms with Crippen molar-refractivity contribution in [3.8, 4) is 0 Å². The number of nitrogens with zero attached hydrogens (tertiary/aromatic N) is 4. The standard InChI is InChI=1S/C10H21N5OS/c1-9(2)8-11-4-5-15-10(12-13-14-15)17-7-3-6-16/h9,11,16H,3-8H2,1-2H3. The number of nitrogens with one attached hydrogen (secondary N) is 1. The van der Waals surface area contributed by atoms with E-state index in [9.17, 15) is 0 Å². The van der Waals surface area contributed by atoms with Crippen LogP contribution >= 0.6 is 11.8 Å². The molecule has 6 nitrogen and oxygen atoms in total. The zero-order chi connectivity index (χ0) is 12.5. The Kier molecular flexibility index (Phi) is 7.14. The van der Waals surface area contributed by atoms with Crippen LogP contribution < -0.4 is 5.32 Å². The van der Waals surface area contributed by atoms with Gasteiger partial charge in [-0.3, -0.25) is 0 Å². The van der Waals surface area contributed by atoms with Crippen LogP contribution in [0.1, 0.15) is 20.3 Å². The van der Waals surface area contributed by atoms with Gasteiger partial charge in [0.1, 0.15) is 0 Å². The van der Waals surface area contributed by atoms with Crippen molar-refractivity contribution in [2.75, 3.05) is 25.4 Å². The average Bonchev–Trinajstić information content (AvgIpc) is 2.72. The van der Waals surface area contributed by atoms with E-state index in [0.717, 1.165) is 37.0 Å². The lowest BCUT2D eigenvalue weighted by atomic mass is 10.2. The van der Waals surface area contributed by atoms with Crippen molar-refractivity contribution in [3.63, 3.8) is 0 Å². The second-order valence-electron chi connectivity index (χ2n) is 4.21. The fourth-order valence-corrected chi connectivity index (χ4v) is 2.07. The van der Waals surface area contributed by atoms with Gasteiger partial charge < -0.3 is 10.4 Å². The van der Waals surface area contributed by atoms with E-state index >= 15 is 0 Å². The normalized spacial score (nSPS) is 11.3. The monoisotopic (exact) mass is 259 g/mol. The van der Waals surface area contributed by atoms with Gasteiger partial charge in [0.25, 0.3) is 0 Å². The van der Waals surface area contributed by atoms with Crippen molar-refractivity contribution >= 4 is 11.8 Å². The summed E-state index contributed by atoms with van der Waals surface area (Å²) in [7, 11) is 0. The molecule has 17 heavy (non-hydrogen) atoms. The van der Waals surface area contributed by atoms with Gasteiger partial charge in [-0.05, 0) is 29.3 Å². The number of hydrogen-bond donors (Lipinski definition) is 2. The van der Waals surface area contributed by atoms with Crippen LogP contribution in [0.15, 0.2) is 5.16 Å². The van der Waals surface area contributed by atoms with Gasteiger partial charge in [-0.25, -0.2) is 4.68 Å². The molecule has 0 amide bonds. The SMILES string of the molecule is CC(C)CNCCn1nnnc1SCCCO. The molecule has 0 aliphatic rings. The molecular weight excluding hydrogens is 238 g/mol. The molecule has 1 rings (SSSR count). The van der Waals surface area contributed by atoms with Gasteiger partial charge in [0, 0.05) is 18.9 Å². The Morgan fingerprint density at radius 2 is 2.29 bits per heavy atom. The van der Waals surface area contributed by atoms with Crippen molar-refractivity contribution in [1.82, 2.24) is 25.5 Å². The Labute approximate surface area is 106 Å². The first kappa shape index (κ1) is 14.4. The molecular formula is C10H21N5OS. The predicted octanol–water partition coefficient (Wildman–Crippen LogP) is 0.393. The second kappa shape index (κ2) is 8.43. The molecule has 0 atom stereocenters. The molecule has 0 spiro atoms. The van der Waals surface area contributed by atoms with E-state index in [1.165, 1.54) is 0 Å². The number of aliphatic hydroxyl groups is 1. The quantitative estimate of drug-likeness (QED) is 0.494. The highest BCUT2D eigenvalue weighted by Crippen LogP contribution is 2.13. The van der Waals surface area contributed by atoms with Crippen LogP contribution in [0, 0.1) is 5.92 Å². The summed E-state index contributed by atoms with van der Waals surface area (Å²) < 4.78 is 1.80. The minimum Gasteiger partial charge on any atom is -0.396 e. The topological polar surface area (TPSA) is 75.9 Å². The van der Waals surface area contributed by atoms with Crippen molar-refractivity contribution in [1.29, 1.82) is 0 Å². The van der Waals surface area contributed by atoms with E-state index in [1.54, 1.807) is 16.4 Å². The summed E-state index contributed by atoms with van der Waals surface area (Å²) in [5, 5.41) is 24.5. The van der Waals surface area contributed by atoms with Crippen LogP contribution in [0.4, 0.5) is 0 Å². The lowest BCUT2D eigenvalue weighted by molar-refractivity contribution is 0.296. The summed E-state index contributed by atoms with van der Waals surface area (Å²) in [6, 6.07) is 0. The Morgan fingerprint density at radius 3 is 3.00 bits per heavy atom. The van der Waals surface area contributed by atoms with E-state index in [4.69, 9.17) is 5.11 Å². The summed E-state index contributed by atoms with van der Waals surface area (Å²) in [5.74, 6) is 1.50.